The van der Waals surface area contributed by atoms with Gasteiger partial charge in [0.05, 0.1) is 12.2 Å². The van der Waals surface area contributed by atoms with E-state index < -0.39 is 0 Å². The lowest BCUT2D eigenvalue weighted by molar-refractivity contribution is 0.0527. The van der Waals surface area contributed by atoms with Gasteiger partial charge in [-0.2, -0.15) is 0 Å². The number of carbonyl (C=O) groups excluding carboxylic acids is 1. The molecule has 0 unspecified atom stereocenters. The quantitative estimate of drug-likeness (QED) is 0.468. The number of hydrazine groups is 1. The van der Waals surface area contributed by atoms with Gasteiger partial charge < -0.3 is 10.2 Å². The number of nitrogens with one attached hydrogen (secondary N) is 1. The molecular formula is C10H14N2O2S. The second kappa shape index (κ2) is 4.20. The molecule has 4 nitrogen and oxygen atoms in total. The lowest BCUT2D eigenvalue weighted by atomic mass is 10.1. The molecule has 82 valence electrons. The molecule has 0 saturated heterocycles. The van der Waals surface area contributed by atoms with Crippen molar-refractivity contribution in [2.45, 2.75) is 26.2 Å². The highest BCUT2D eigenvalue weighted by Crippen LogP contribution is 2.38. The monoisotopic (exact) mass is 226 g/mol. The zero-order valence-electron chi connectivity index (χ0n) is 8.63. The molecule has 0 aromatic carbocycles. The minimum atomic E-state index is -0.259. The Hall–Kier alpha value is -1.07. The average molecular weight is 226 g/mol. The SMILES string of the molecule is CCOC(=O)c1c(NN)sc2c1CCC2. The summed E-state index contributed by atoms with van der Waals surface area (Å²) in [5.41, 5.74) is 4.36. The molecule has 0 atom stereocenters. The standard InChI is InChI=1S/C10H14N2O2S/c1-2-14-10(13)8-6-4-3-5-7(6)15-9(8)12-11/h12H,2-5,11H2,1H3. The summed E-state index contributed by atoms with van der Waals surface area (Å²) in [5.74, 6) is 5.14. The van der Waals surface area contributed by atoms with Gasteiger partial charge >= 0.3 is 5.97 Å². The molecule has 0 radical (unpaired) electrons. The number of nitrogens with two attached hydrogens (primary N) is 1. The molecule has 0 fully saturated rings. The molecule has 2 rings (SSSR count). The Balaban J connectivity index is 2.39. The minimum absolute atomic E-state index is 0.259. The maximum Gasteiger partial charge on any atom is 0.341 e. The Kier molecular flexibility index (Phi) is 2.93. The maximum absolute atomic E-state index is 11.7. The Labute approximate surface area is 92.4 Å². The van der Waals surface area contributed by atoms with Crippen LogP contribution in [-0.4, -0.2) is 12.6 Å². The number of hydrogen-bond donors (Lipinski definition) is 2. The van der Waals surface area contributed by atoms with E-state index in [0.717, 1.165) is 29.8 Å². The molecule has 0 aliphatic heterocycles. The highest BCUT2D eigenvalue weighted by Gasteiger charge is 2.26. The number of anilines is 1. The summed E-state index contributed by atoms with van der Waals surface area (Å²) in [6.45, 7) is 2.20. The van der Waals surface area contributed by atoms with Crippen molar-refractivity contribution in [2.24, 2.45) is 5.84 Å². The number of rotatable bonds is 3. The summed E-state index contributed by atoms with van der Waals surface area (Å²) in [6, 6.07) is 0. The van der Waals surface area contributed by atoms with Crippen LogP contribution in [-0.2, 0) is 17.6 Å². The number of ether oxygens (including phenoxy) is 1. The number of fused-ring (bicyclic) bond motifs is 1. The molecule has 1 aromatic rings. The molecule has 15 heavy (non-hydrogen) atoms. The summed E-state index contributed by atoms with van der Waals surface area (Å²) < 4.78 is 5.03. The van der Waals surface area contributed by atoms with Gasteiger partial charge in [0.2, 0.25) is 0 Å². The predicted octanol–water partition coefficient (Wildman–Crippen LogP) is 1.70. The first-order valence-electron chi connectivity index (χ1n) is 5.06. The Morgan fingerprint density at radius 3 is 3.07 bits per heavy atom. The second-order valence-electron chi connectivity index (χ2n) is 3.43. The smallest absolute Gasteiger partial charge is 0.341 e. The molecule has 1 aromatic heterocycles. The van der Waals surface area contributed by atoms with Crippen molar-refractivity contribution in [1.82, 2.24) is 0 Å². The summed E-state index contributed by atoms with van der Waals surface area (Å²) in [4.78, 5) is 13.0. The van der Waals surface area contributed by atoms with E-state index in [4.69, 9.17) is 10.6 Å². The lowest BCUT2D eigenvalue weighted by Gasteiger charge is -2.04. The maximum atomic E-state index is 11.7. The number of aryl methyl sites for hydroxylation is 1. The largest absolute Gasteiger partial charge is 0.462 e. The van der Waals surface area contributed by atoms with Crippen LogP contribution in [0.2, 0.25) is 0 Å². The molecule has 0 saturated carbocycles. The molecule has 1 aliphatic carbocycles. The highest BCUT2D eigenvalue weighted by atomic mass is 32.1. The first-order chi connectivity index (χ1) is 7.27. The van der Waals surface area contributed by atoms with Crippen molar-refractivity contribution in [3.8, 4) is 0 Å². The van der Waals surface area contributed by atoms with Gasteiger partial charge in [-0.15, -0.1) is 11.3 Å². The predicted molar refractivity (Wildman–Crippen MR) is 60.1 cm³/mol. The number of nitrogen functional groups attached to an aromatic ring is 1. The number of carbonyl (C=O) groups is 1. The molecule has 0 amide bonds. The van der Waals surface area contributed by atoms with E-state index in [9.17, 15) is 4.79 Å². The number of hydrogen-bond acceptors (Lipinski definition) is 5. The van der Waals surface area contributed by atoms with Crippen LogP contribution in [0.3, 0.4) is 0 Å². The van der Waals surface area contributed by atoms with Gasteiger partial charge in [-0.1, -0.05) is 0 Å². The van der Waals surface area contributed by atoms with E-state index in [1.54, 1.807) is 18.3 Å². The topological polar surface area (TPSA) is 64.3 Å². The van der Waals surface area contributed by atoms with E-state index >= 15 is 0 Å². The summed E-state index contributed by atoms with van der Waals surface area (Å²) in [5, 5.41) is 0.734. The highest BCUT2D eigenvalue weighted by molar-refractivity contribution is 7.16. The van der Waals surface area contributed by atoms with Crippen LogP contribution < -0.4 is 11.3 Å². The van der Waals surface area contributed by atoms with Crippen LogP contribution in [0.25, 0.3) is 0 Å². The zero-order valence-corrected chi connectivity index (χ0v) is 9.45. The van der Waals surface area contributed by atoms with Gasteiger partial charge in [-0.05, 0) is 31.7 Å². The fourth-order valence-corrected chi connectivity index (χ4v) is 3.11. The van der Waals surface area contributed by atoms with Gasteiger partial charge in [0, 0.05) is 4.88 Å². The first kappa shape index (κ1) is 10.4. The van der Waals surface area contributed by atoms with E-state index in [2.05, 4.69) is 5.43 Å². The van der Waals surface area contributed by atoms with Crippen LogP contribution in [0.4, 0.5) is 5.00 Å². The molecule has 1 aliphatic rings. The van der Waals surface area contributed by atoms with Gasteiger partial charge in [0.15, 0.2) is 0 Å². The van der Waals surface area contributed by atoms with Crippen molar-refractivity contribution in [1.29, 1.82) is 0 Å². The average Bonchev–Trinajstić information content (AvgIpc) is 2.75. The lowest BCUT2D eigenvalue weighted by Crippen LogP contribution is -2.12. The van der Waals surface area contributed by atoms with E-state index in [-0.39, 0.29) is 5.97 Å². The Morgan fingerprint density at radius 2 is 2.40 bits per heavy atom. The third-order valence-corrected chi connectivity index (χ3v) is 3.75. The Bertz CT molecular complexity index is 387. The van der Waals surface area contributed by atoms with Gasteiger partial charge in [-0.25, -0.2) is 10.6 Å². The normalized spacial score (nSPS) is 13.7. The third-order valence-electron chi connectivity index (χ3n) is 2.53. The molecule has 0 spiro atoms. The Morgan fingerprint density at radius 1 is 1.60 bits per heavy atom. The van der Waals surface area contributed by atoms with Crippen molar-refractivity contribution >= 4 is 22.3 Å². The number of thiophene rings is 1. The fourth-order valence-electron chi connectivity index (χ4n) is 1.93. The molecule has 3 N–H and O–H groups in total. The van der Waals surface area contributed by atoms with E-state index in [1.165, 1.54) is 4.88 Å². The van der Waals surface area contributed by atoms with Crippen LogP contribution in [0.1, 0.15) is 34.1 Å². The van der Waals surface area contributed by atoms with Crippen LogP contribution in [0, 0.1) is 0 Å². The summed E-state index contributed by atoms with van der Waals surface area (Å²) >= 11 is 1.57. The van der Waals surface area contributed by atoms with E-state index in [1.807, 2.05) is 0 Å². The summed E-state index contributed by atoms with van der Waals surface area (Å²) in [6.07, 6.45) is 3.13. The van der Waals surface area contributed by atoms with Crippen LogP contribution in [0.5, 0.6) is 0 Å². The first-order valence-corrected chi connectivity index (χ1v) is 5.87. The van der Waals surface area contributed by atoms with Crippen LogP contribution in [0.15, 0.2) is 0 Å². The minimum Gasteiger partial charge on any atom is -0.462 e. The van der Waals surface area contributed by atoms with Crippen molar-refractivity contribution in [3.05, 3.63) is 16.0 Å². The van der Waals surface area contributed by atoms with Crippen molar-refractivity contribution in [2.75, 3.05) is 12.0 Å². The van der Waals surface area contributed by atoms with Crippen molar-refractivity contribution in [3.63, 3.8) is 0 Å². The van der Waals surface area contributed by atoms with E-state index in [0.29, 0.717) is 12.2 Å². The van der Waals surface area contributed by atoms with Crippen LogP contribution >= 0.6 is 11.3 Å². The molecular weight excluding hydrogens is 212 g/mol. The molecule has 1 heterocycles. The zero-order chi connectivity index (χ0) is 10.8. The van der Waals surface area contributed by atoms with Gasteiger partial charge in [0.25, 0.3) is 0 Å². The van der Waals surface area contributed by atoms with Gasteiger partial charge in [-0.3, -0.25) is 0 Å². The van der Waals surface area contributed by atoms with Crippen molar-refractivity contribution < 1.29 is 9.53 Å². The fraction of sp³-hybridized carbons (Fsp3) is 0.500. The number of esters is 1. The molecule has 0 bridgehead atoms. The second-order valence-corrected chi connectivity index (χ2v) is 4.53. The van der Waals surface area contributed by atoms with Gasteiger partial charge in [0.1, 0.15) is 5.00 Å². The third kappa shape index (κ3) is 1.72. The summed E-state index contributed by atoms with van der Waals surface area (Å²) in [7, 11) is 0. The molecule has 5 heteroatoms.